The standard InChI is InChI=1S/C16H16O3S/c1-18-15-8-7-13(12-17)11-16(15)19-9-10-20-14-5-3-2-4-6-14/h2-8,11-12H,9-10H2,1H3. The quantitative estimate of drug-likeness (QED) is 0.442. The summed E-state index contributed by atoms with van der Waals surface area (Å²) in [6.07, 6.45) is 0.797. The van der Waals surface area contributed by atoms with Crippen LogP contribution in [0.25, 0.3) is 0 Å². The number of rotatable bonds is 7. The highest BCUT2D eigenvalue weighted by Crippen LogP contribution is 2.28. The van der Waals surface area contributed by atoms with Gasteiger partial charge in [-0.1, -0.05) is 18.2 Å². The van der Waals surface area contributed by atoms with Crippen molar-refractivity contribution in [1.82, 2.24) is 0 Å². The Labute approximate surface area is 122 Å². The molecule has 0 aliphatic rings. The molecule has 20 heavy (non-hydrogen) atoms. The highest BCUT2D eigenvalue weighted by Gasteiger charge is 2.05. The zero-order valence-electron chi connectivity index (χ0n) is 11.2. The Kier molecular flexibility index (Phi) is 5.50. The molecule has 0 heterocycles. The van der Waals surface area contributed by atoms with Crippen molar-refractivity contribution in [1.29, 1.82) is 0 Å². The van der Waals surface area contributed by atoms with Gasteiger partial charge in [0.15, 0.2) is 11.5 Å². The summed E-state index contributed by atoms with van der Waals surface area (Å²) >= 11 is 1.73. The van der Waals surface area contributed by atoms with Gasteiger partial charge >= 0.3 is 0 Å². The van der Waals surface area contributed by atoms with E-state index < -0.39 is 0 Å². The minimum Gasteiger partial charge on any atom is -0.493 e. The largest absolute Gasteiger partial charge is 0.493 e. The fourth-order valence-corrected chi connectivity index (χ4v) is 2.46. The van der Waals surface area contributed by atoms with Crippen LogP contribution in [0, 0.1) is 0 Å². The zero-order chi connectivity index (χ0) is 14.2. The molecule has 2 aromatic rings. The molecular weight excluding hydrogens is 272 g/mol. The van der Waals surface area contributed by atoms with E-state index in [0.29, 0.717) is 23.7 Å². The lowest BCUT2D eigenvalue weighted by Gasteiger charge is -2.10. The van der Waals surface area contributed by atoms with Crippen LogP contribution in [0.5, 0.6) is 11.5 Å². The van der Waals surface area contributed by atoms with E-state index in [0.717, 1.165) is 12.0 Å². The van der Waals surface area contributed by atoms with Gasteiger partial charge in [-0.05, 0) is 30.3 Å². The van der Waals surface area contributed by atoms with Crippen molar-refractivity contribution in [3.63, 3.8) is 0 Å². The van der Waals surface area contributed by atoms with Crippen molar-refractivity contribution in [3.05, 3.63) is 54.1 Å². The molecule has 0 spiro atoms. The number of carbonyl (C=O) groups is 1. The normalized spacial score (nSPS) is 10.1. The van der Waals surface area contributed by atoms with Crippen LogP contribution < -0.4 is 9.47 Å². The summed E-state index contributed by atoms with van der Waals surface area (Å²) in [7, 11) is 1.58. The second-order valence-corrected chi connectivity index (χ2v) is 5.21. The summed E-state index contributed by atoms with van der Waals surface area (Å²) in [4.78, 5) is 12.0. The first-order valence-corrected chi connectivity index (χ1v) is 7.26. The molecule has 0 saturated carbocycles. The number of hydrogen-bond donors (Lipinski definition) is 0. The maximum atomic E-state index is 10.8. The van der Waals surface area contributed by atoms with E-state index >= 15 is 0 Å². The van der Waals surface area contributed by atoms with Gasteiger partial charge in [-0.3, -0.25) is 4.79 Å². The number of thioether (sulfide) groups is 1. The first-order chi connectivity index (χ1) is 9.83. The van der Waals surface area contributed by atoms with E-state index in [1.54, 1.807) is 37.1 Å². The Morgan fingerprint density at radius 2 is 1.90 bits per heavy atom. The van der Waals surface area contributed by atoms with Crippen molar-refractivity contribution < 1.29 is 14.3 Å². The van der Waals surface area contributed by atoms with E-state index in [1.807, 2.05) is 18.2 Å². The van der Waals surface area contributed by atoms with E-state index in [2.05, 4.69) is 12.1 Å². The molecule has 0 N–H and O–H groups in total. The third kappa shape index (κ3) is 4.03. The molecule has 0 amide bonds. The third-order valence-corrected chi connectivity index (χ3v) is 3.65. The molecule has 4 heteroatoms. The SMILES string of the molecule is COc1ccc(C=O)cc1OCCSc1ccccc1. The lowest BCUT2D eigenvalue weighted by molar-refractivity contribution is 0.112. The van der Waals surface area contributed by atoms with Gasteiger partial charge < -0.3 is 9.47 Å². The van der Waals surface area contributed by atoms with Gasteiger partial charge in [0, 0.05) is 16.2 Å². The number of aldehydes is 1. The molecule has 0 fully saturated rings. The monoisotopic (exact) mass is 288 g/mol. The molecule has 0 radical (unpaired) electrons. The molecule has 2 aromatic carbocycles. The molecule has 0 saturated heterocycles. The average Bonchev–Trinajstić information content (AvgIpc) is 2.52. The van der Waals surface area contributed by atoms with Crippen LogP contribution >= 0.6 is 11.8 Å². The Bertz CT molecular complexity index is 555. The Morgan fingerprint density at radius 3 is 2.60 bits per heavy atom. The number of carbonyl (C=O) groups excluding carboxylic acids is 1. The van der Waals surface area contributed by atoms with E-state index in [1.165, 1.54) is 4.90 Å². The van der Waals surface area contributed by atoms with Crippen molar-refractivity contribution in [2.75, 3.05) is 19.5 Å². The van der Waals surface area contributed by atoms with Gasteiger partial charge in [0.1, 0.15) is 6.29 Å². The molecular formula is C16H16O3S. The molecule has 0 bridgehead atoms. The summed E-state index contributed by atoms with van der Waals surface area (Å²) in [6, 6.07) is 15.3. The molecule has 104 valence electrons. The minimum absolute atomic E-state index is 0.554. The Hall–Kier alpha value is -1.94. The smallest absolute Gasteiger partial charge is 0.161 e. The molecule has 0 unspecified atom stereocenters. The fraction of sp³-hybridized carbons (Fsp3) is 0.188. The summed E-state index contributed by atoms with van der Waals surface area (Å²) < 4.78 is 10.9. The van der Waals surface area contributed by atoms with Crippen LogP contribution in [0.15, 0.2) is 53.4 Å². The second kappa shape index (κ2) is 7.60. The predicted octanol–water partition coefficient (Wildman–Crippen LogP) is 3.68. The zero-order valence-corrected chi connectivity index (χ0v) is 12.1. The topological polar surface area (TPSA) is 35.5 Å². The second-order valence-electron chi connectivity index (χ2n) is 4.04. The van der Waals surface area contributed by atoms with Gasteiger partial charge in [0.25, 0.3) is 0 Å². The van der Waals surface area contributed by atoms with Crippen LogP contribution in [0.4, 0.5) is 0 Å². The predicted molar refractivity (Wildman–Crippen MR) is 81.0 cm³/mol. The lowest BCUT2D eigenvalue weighted by atomic mass is 10.2. The van der Waals surface area contributed by atoms with E-state index in [9.17, 15) is 4.79 Å². The van der Waals surface area contributed by atoms with Crippen molar-refractivity contribution >= 4 is 18.0 Å². The van der Waals surface area contributed by atoms with Crippen LogP contribution in [-0.2, 0) is 0 Å². The molecule has 0 aliphatic carbocycles. The first-order valence-electron chi connectivity index (χ1n) is 6.27. The van der Waals surface area contributed by atoms with E-state index in [-0.39, 0.29) is 0 Å². The van der Waals surface area contributed by atoms with Gasteiger partial charge in [-0.15, -0.1) is 11.8 Å². The molecule has 0 aromatic heterocycles. The number of hydrogen-bond acceptors (Lipinski definition) is 4. The highest BCUT2D eigenvalue weighted by molar-refractivity contribution is 7.99. The molecule has 0 atom stereocenters. The van der Waals surface area contributed by atoms with E-state index in [4.69, 9.17) is 9.47 Å². The van der Waals surface area contributed by atoms with Crippen molar-refractivity contribution in [2.24, 2.45) is 0 Å². The van der Waals surface area contributed by atoms with Crippen molar-refractivity contribution in [3.8, 4) is 11.5 Å². The van der Waals surface area contributed by atoms with Gasteiger partial charge in [0.2, 0.25) is 0 Å². The lowest BCUT2D eigenvalue weighted by Crippen LogP contribution is -2.02. The molecule has 3 nitrogen and oxygen atoms in total. The summed E-state index contributed by atoms with van der Waals surface area (Å²) in [5.74, 6) is 2.07. The highest BCUT2D eigenvalue weighted by atomic mass is 32.2. The Balaban J connectivity index is 1.88. The molecule has 0 aliphatic heterocycles. The average molecular weight is 288 g/mol. The van der Waals surface area contributed by atoms with Gasteiger partial charge in [-0.2, -0.15) is 0 Å². The third-order valence-electron chi connectivity index (χ3n) is 2.68. The first kappa shape index (κ1) is 14.5. The summed E-state index contributed by atoms with van der Waals surface area (Å²) in [6.45, 7) is 0.554. The van der Waals surface area contributed by atoms with Gasteiger partial charge in [-0.25, -0.2) is 0 Å². The maximum absolute atomic E-state index is 10.8. The summed E-state index contributed by atoms with van der Waals surface area (Å²) in [5, 5.41) is 0. The van der Waals surface area contributed by atoms with Crippen LogP contribution in [0.2, 0.25) is 0 Å². The molecule has 2 rings (SSSR count). The van der Waals surface area contributed by atoms with Crippen LogP contribution in [-0.4, -0.2) is 25.8 Å². The fourth-order valence-electron chi connectivity index (χ4n) is 1.71. The van der Waals surface area contributed by atoms with Crippen LogP contribution in [0.1, 0.15) is 10.4 Å². The summed E-state index contributed by atoms with van der Waals surface area (Å²) in [5.41, 5.74) is 0.580. The maximum Gasteiger partial charge on any atom is 0.161 e. The Morgan fingerprint density at radius 1 is 1.10 bits per heavy atom. The number of benzene rings is 2. The number of methoxy groups -OCH3 is 1. The van der Waals surface area contributed by atoms with Gasteiger partial charge in [0.05, 0.1) is 13.7 Å². The van der Waals surface area contributed by atoms with Crippen LogP contribution in [0.3, 0.4) is 0 Å². The number of ether oxygens (including phenoxy) is 2. The minimum atomic E-state index is 0.554. The van der Waals surface area contributed by atoms with Crippen molar-refractivity contribution in [2.45, 2.75) is 4.90 Å².